The van der Waals surface area contributed by atoms with Crippen molar-refractivity contribution >= 4 is 0 Å². The standard InChI is InChI=1S/C21H27NO2/c23-20(15-22-19-9-5-2-6-10-19)16-24-21-13-11-18(12-14-21)17-7-3-1-4-8-17/h1,3-4,7-8,11-14,19-20,22-23H,2,5-6,9-10,15-16H2/t20-/m1/s1. The molecule has 0 unspecified atom stereocenters. The third kappa shape index (κ3) is 5.08. The molecule has 3 nitrogen and oxygen atoms in total. The highest BCUT2D eigenvalue weighted by molar-refractivity contribution is 5.63. The second-order valence-electron chi connectivity index (χ2n) is 6.60. The van der Waals surface area contributed by atoms with Crippen LogP contribution in [-0.2, 0) is 0 Å². The van der Waals surface area contributed by atoms with Crippen LogP contribution in [0.15, 0.2) is 54.6 Å². The Morgan fingerprint density at radius 3 is 2.29 bits per heavy atom. The van der Waals surface area contributed by atoms with Gasteiger partial charge in [-0.25, -0.2) is 0 Å². The third-order valence-corrected chi connectivity index (χ3v) is 4.65. The maximum absolute atomic E-state index is 10.1. The monoisotopic (exact) mass is 325 g/mol. The molecule has 0 saturated heterocycles. The zero-order chi connectivity index (χ0) is 16.6. The molecule has 2 aromatic carbocycles. The van der Waals surface area contributed by atoms with Gasteiger partial charge in [-0.05, 0) is 36.1 Å². The van der Waals surface area contributed by atoms with Crippen LogP contribution in [-0.4, -0.2) is 30.4 Å². The number of benzene rings is 2. The first kappa shape index (κ1) is 17.0. The molecule has 2 aromatic rings. The Hall–Kier alpha value is -1.84. The summed E-state index contributed by atoms with van der Waals surface area (Å²) in [7, 11) is 0. The van der Waals surface area contributed by atoms with E-state index in [1.165, 1.54) is 43.2 Å². The van der Waals surface area contributed by atoms with Crippen molar-refractivity contribution in [3.8, 4) is 16.9 Å². The van der Waals surface area contributed by atoms with Crippen LogP contribution in [0.3, 0.4) is 0 Å². The number of hydrogen-bond donors (Lipinski definition) is 2. The van der Waals surface area contributed by atoms with Gasteiger partial charge >= 0.3 is 0 Å². The van der Waals surface area contributed by atoms with Crippen molar-refractivity contribution in [2.75, 3.05) is 13.2 Å². The Bertz CT molecular complexity index is 591. The lowest BCUT2D eigenvalue weighted by Crippen LogP contribution is -2.38. The van der Waals surface area contributed by atoms with E-state index in [1.807, 2.05) is 30.3 Å². The van der Waals surface area contributed by atoms with Gasteiger partial charge in [0.2, 0.25) is 0 Å². The predicted octanol–water partition coefficient (Wildman–Crippen LogP) is 4.02. The maximum atomic E-state index is 10.1. The van der Waals surface area contributed by atoms with Gasteiger partial charge < -0.3 is 15.2 Å². The van der Waals surface area contributed by atoms with Crippen molar-refractivity contribution < 1.29 is 9.84 Å². The van der Waals surface area contributed by atoms with Crippen LogP contribution < -0.4 is 10.1 Å². The van der Waals surface area contributed by atoms with Crippen molar-refractivity contribution in [3.05, 3.63) is 54.6 Å². The number of nitrogens with one attached hydrogen (secondary N) is 1. The second-order valence-corrected chi connectivity index (χ2v) is 6.60. The smallest absolute Gasteiger partial charge is 0.119 e. The molecule has 0 spiro atoms. The molecular weight excluding hydrogens is 298 g/mol. The van der Waals surface area contributed by atoms with Crippen molar-refractivity contribution in [1.82, 2.24) is 5.32 Å². The molecule has 0 bridgehead atoms. The zero-order valence-electron chi connectivity index (χ0n) is 14.2. The fourth-order valence-corrected chi connectivity index (χ4v) is 3.23. The fourth-order valence-electron chi connectivity index (χ4n) is 3.23. The summed E-state index contributed by atoms with van der Waals surface area (Å²) in [6, 6.07) is 18.9. The minimum atomic E-state index is -0.472. The maximum Gasteiger partial charge on any atom is 0.119 e. The van der Waals surface area contributed by atoms with E-state index in [1.54, 1.807) is 0 Å². The minimum absolute atomic E-state index is 0.324. The van der Waals surface area contributed by atoms with E-state index in [4.69, 9.17) is 4.74 Å². The highest BCUT2D eigenvalue weighted by Crippen LogP contribution is 2.22. The summed E-state index contributed by atoms with van der Waals surface area (Å²) in [5.74, 6) is 0.798. The highest BCUT2D eigenvalue weighted by atomic mass is 16.5. The van der Waals surface area contributed by atoms with Crippen molar-refractivity contribution in [2.45, 2.75) is 44.2 Å². The molecule has 0 amide bonds. The van der Waals surface area contributed by atoms with E-state index in [9.17, 15) is 5.11 Å². The molecule has 1 aliphatic rings. The van der Waals surface area contributed by atoms with Crippen LogP contribution in [0, 0.1) is 0 Å². The van der Waals surface area contributed by atoms with Gasteiger partial charge in [-0.1, -0.05) is 61.7 Å². The average molecular weight is 325 g/mol. The van der Waals surface area contributed by atoms with Crippen LogP contribution >= 0.6 is 0 Å². The fraction of sp³-hybridized carbons (Fsp3) is 0.429. The molecule has 3 heteroatoms. The van der Waals surface area contributed by atoms with Crippen LogP contribution in [0.5, 0.6) is 5.75 Å². The van der Waals surface area contributed by atoms with E-state index >= 15 is 0 Å². The summed E-state index contributed by atoms with van der Waals surface area (Å²) in [6.45, 7) is 0.928. The second kappa shape index (κ2) is 8.86. The van der Waals surface area contributed by atoms with E-state index in [-0.39, 0.29) is 0 Å². The summed E-state index contributed by atoms with van der Waals surface area (Å²) in [4.78, 5) is 0. The summed E-state index contributed by atoms with van der Waals surface area (Å²) >= 11 is 0. The Labute approximate surface area is 144 Å². The van der Waals surface area contributed by atoms with Crippen molar-refractivity contribution in [1.29, 1.82) is 0 Å². The van der Waals surface area contributed by atoms with Gasteiger partial charge in [-0.15, -0.1) is 0 Å². The van der Waals surface area contributed by atoms with Crippen LogP contribution in [0.4, 0.5) is 0 Å². The molecule has 3 rings (SSSR count). The van der Waals surface area contributed by atoms with Crippen LogP contribution in [0.2, 0.25) is 0 Å². The first-order valence-electron chi connectivity index (χ1n) is 9.01. The molecule has 128 valence electrons. The zero-order valence-corrected chi connectivity index (χ0v) is 14.2. The summed E-state index contributed by atoms with van der Waals surface area (Å²) < 4.78 is 5.71. The quantitative estimate of drug-likeness (QED) is 0.808. The van der Waals surface area contributed by atoms with Crippen molar-refractivity contribution in [2.24, 2.45) is 0 Å². The van der Waals surface area contributed by atoms with Crippen LogP contribution in [0.1, 0.15) is 32.1 Å². The van der Waals surface area contributed by atoms with Gasteiger partial charge in [-0.2, -0.15) is 0 Å². The normalized spacial score (nSPS) is 16.7. The number of rotatable bonds is 7. The van der Waals surface area contributed by atoms with Gasteiger partial charge in [0.05, 0.1) is 0 Å². The number of aliphatic hydroxyl groups is 1. The predicted molar refractivity (Wildman–Crippen MR) is 98.3 cm³/mol. The van der Waals surface area contributed by atoms with E-state index < -0.39 is 6.10 Å². The van der Waals surface area contributed by atoms with E-state index in [0.717, 1.165) is 5.75 Å². The van der Waals surface area contributed by atoms with E-state index in [0.29, 0.717) is 19.2 Å². The molecule has 0 heterocycles. The lowest BCUT2D eigenvalue weighted by atomic mass is 9.95. The van der Waals surface area contributed by atoms with Crippen molar-refractivity contribution in [3.63, 3.8) is 0 Å². The van der Waals surface area contributed by atoms with Gasteiger partial charge in [0.15, 0.2) is 0 Å². The Morgan fingerprint density at radius 2 is 1.58 bits per heavy atom. The first-order chi connectivity index (χ1) is 11.8. The average Bonchev–Trinajstić information content (AvgIpc) is 2.67. The molecule has 1 aliphatic carbocycles. The Balaban J connectivity index is 1.42. The highest BCUT2D eigenvalue weighted by Gasteiger charge is 2.14. The Morgan fingerprint density at radius 1 is 0.917 bits per heavy atom. The van der Waals surface area contributed by atoms with Gasteiger partial charge in [-0.3, -0.25) is 0 Å². The molecular formula is C21H27NO2. The molecule has 24 heavy (non-hydrogen) atoms. The number of hydrogen-bond acceptors (Lipinski definition) is 3. The molecule has 1 atom stereocenters. The summed E-state index contributed by atoms with van der Waals surface area (Å²) in [6.07, 6.45) is 5.95. The molecule has 0 aromatic heterocycles. The molecule has 0 radical (unpaired) electrons. The minimum Gasteiger partial charge on any atom is -0.491 e. The molecule has 1 fully saturated rings. The van der Waals surface area contributed by atoms with Crippen LogP contribution in [0.25, 0.3) is 11.1 Å². The molecule has 1 saturated carbocycles. The lowest BCUT2D eigenvalue weighted by Gasteiger charge is -2.24. The summed E-state index contributed by atoms with van der Waals surface area (Å²) in [5, 5.41) is 13.5. The SMILES string of the molecule is O[C@H](CNC1CCCCC1)COc1ccc(-c2ccccc2)cc1. The molecule has 0 aliphatic heterocycles. The Kier molecular flexibility index (Phi) is 6.27. The van der Waals surface area contributed by atoms with Gasteiger partial charge in [0, 0.05) is 12.6 Å². The van der Waals surface area contributed by atoms with E-state index in [2.05, 4.69) is 29.6 Å². The number of ether oxygens (including phenoxy) is 1. The largest absolute Gasteiger partial charge is 0.491 e. The van der Waals surface area contributed by atoms with Gasteiger partial charge in [0.25, 0.3) is 0 Å². The summed E-state index contributed by atoms with van der Waals surface area (Å²) in [5.41, 5.74) is 2.36. The third-order valence-electron chi connectivity index (χ3n) is 4.65. The topological polar surface area (TPSA) is 41.5 Å². The van der Waals surface area contributed by atoms with Gasteiger partial charge in [0.1, 0.15) is 18.5 Å². The molecule has 2 N–H and O–H groups in total. The lowest BCUT2D eigenvalue weighted by molar-refractivity contribution is 0.102. The first-order valence-corrected chi connectivity index (χ1v) is 9.01. The number of aliphatic hydroxyl groups excluding tert-OH is 1.